The zero-order chi connectivity index (χ0) is 13.2. The lowest BCUT2D eigenvalue weighted by Gasteiger charge is -2.16. The lowest BCUT2D eigenvalue weighted by Crippen LogP contribution is -2.37. The summed E-state index contributed by atoms with van der Waals surface area (Å²) in [6, 6.07) is 9.02. The average Bonchev–Trinajstić information content (AvgIpc) is 2.72. The molecular formula is C13H19N3SSi. The first-order valence-electron chi connectivity index (χ1n) is 6.03. The molecule has 0 fully saturated rings. The Balaban J connectivity index is 2.01. The summed E-state index contributed by atoms with van der Waals surface area (Å²) in [5, 5.41) is 6.54. The molecule has 0 atom stereocenters. The van der Waals surface area contributed by atoms with Gasteiger partial charge in [-0.25, -0.2) is 9.67 Å². The zero-order valence-corrected chi connectivity index (χ0v) is 13.2. The van der Waals surface area contributed by atoms with E-state index in [1.807, 2.05) is 7.05 Å². The predicted octanol–water partition coefficient (Wildman–Crippen LogP) is 2.65. The molecule has 0 aliphatic heterocycles. The van der Waals surface area contributed by atoms with E-state index in [4.69, 9.17) is 0 Å². The summed E-state index contributed by atoms with van der Waals surface area (Å²) in [6.45, 7) is 7.11. The maximum atomic E-state index is 4.21. The van der Waals surface area contributed by atoms with Gasteiger partial charge < -0.3 is 0 Å². The van der Waals surface area contributed by atoms with Crippen molar-refractivity contribution in [3.05, 3.63) is 36.2 Å². The number of thioether (sulfide) groups is 1. The van der Waals surface area contributed by atoms with Crippen LogP contribution in [0.4, 0.5) is 0 Å². The minimum Gasteiger partial charge on any atom is -0.244 e. The van der Waals surface area contributed by atoms with Crippen molar-refractivity contribution in [1.29, 1.82) is 0 Å². The van der Waals surface area contributed by atoms with Gasteiger partial charge in [0.1, 0.15) is 6.33 Å². The molecule has 0 radical (unpaired) electrons. The predicted molar refractivity (Wildman–Crippen MR) is 80.0 cm³/mol. The zero-order valence-electron chi connectivity index (χ0n) is 11.3. The van der Waals surface area contributed by atoms with Crippen molar-refractivity contribution in [3.63, 3.8) is 0 Å². The number of benzene rings is 1. The Labute approximate surface area is 114 Å². The highest BCUT2D eigenvalue weighted by atomic mass is 32.2. The van der Waals surface area contributed by atoms with Gasteiger partial charge in [-0.05, 0) is 5.56 Å². The fourth-order valence-electron chi connectivity index (χ4n) is 1.67. The van der Waals surface area contributed by atoms with Gasteiger partial charge in [0, 0.05) is 12.8 Å². The van der Waals surface area contributed by atoms with Crippen molar-refractivity contribution < 1.29 is 0 Å². The second-order valence-corrected chi connectivity index (χ2v) is 11.4. The van der Waals surface area contributed by atoms with E-state index in [-0.39, 0.29) is 0 Å². The summed E-state index contributed by atoms with van der Waals surface area (Å²) in [6.07, 6.45) is 1.59. The van der Waals surface area contributed by atoms with E-state index in [0.29, 0.717) is 0 Å². The third kappa shape index (κ3) is 3.23. The topological polar surface area (TPSA) is 30.7 Å². The number of hydrogen-bond donors (Lipinski definition) is 0. The summed E-state index contributed by atoms with van der Waals surface area (Å²) in [5.41, 5.74) is 1.34. The molecule has 0 N–H and O–H groups in total. The van der Waals surface area contributed by atoms with Crippen molar-refractivity contribution in [2.75, 3.05) is 0 Å². The van der Waals surface area contributed by atoms with Crippen LogP contribution in [0.1, 0.15) is 5.56 Å². The van der Waals surface area contributed by atoms with Crippen LogP contribution >= 0.6 is 11.8 Å². The van der Waals surface area contributed by atoms with E-state index in [2.05, 4.69) is 54.0 Å². The van der Waals surface area contributed by atoms with Gasteiger partial charge in [0.05, 0.1) is 8.07 Å². The van der Waals surface area contributed by atoms with Crippen LogP contribution in [0.15, 0.2) is 35.7 Å². The number of aryl methyl sites for hydroxylation is 1. The second-order valence-electron chi connectivity index (χ2n) is 5.40. The van der Waals surface area contributed by atoms with Crippen molar-refractivity contribution in [3.8, 4) is 0 Å². The van der Waals surface area contributed by atoms with Gasteiger partial charge in [0.15, 0.2) is 5.16 Å². The molecule has 2 rings (SSSR count). The standard InChI is InChI=1S/C13H19N3SSi/c1-16-13(14-10-15-16)17-9-11-5-7-12(8-6-11)18(2,3)4/h5-8,10H,9H2,1-4H3. The van der Waals surface area contributed by atoms with E-state index < -0.39 is 8.07 Å². The number of rotatable bonds is 4. The molecule has 0 saturated carbocycles. The smallest absolute Gasteiger partial charge is 0.186 e. The Morgan fingerprint density at radius 2 is 1.83 bits per heavy atom. The second kappa shape index (κ2) is 5.28. The fraction of sp³-hybridized carbons (Fsp3) is 0.385. The first-order chi connectivity index (χ1) is 8.47. The lowest BCUT2D eigenvalue weighted by atomic mass is 10.2. The van der Waals surface area contributed by atoms with Gasteiger partial charge in [-0.15, -0.1) is 0 Å². The molecule has 18 heavy (non-hydrogen) atoms. The molecule has 1 aromatic carbocycles. The average molecular weight is 277 g/mol. The minimum atomic E-state index is -1.17. The van der Waals surface area contributed by atoms with Gasteiger partial charge >= 0.3 is 0 Å². The molecule has 96 valence electrons. The van der Waals surface area contributed by atoms with E-state index in [0.717, 1.165) is 10.9 Å². The molecular weight excluding hydrogens is 258 g/mol. The van der Waals surface area contributed by atoms with E-state index in [9.17, 15) is 0 Å². The molecule has 0 spiro atoms. The van der Waals surface area contributed by atoms with Crippen molar-refractivity contribution in [2.24, 2.45) is 7.05 Å². The van der Waals surface area contributed by atoms with Crippen LogP contribution in [0.2, 0.25) is 19.6 Å². The first kappa shape index (κ1) is 13.4. The van der Waals surface area contributed by atoms with Gasteiger partial charge in [0.2, 0.25) is 0 Å². The SMILES string of the molecule is Cn1ncnc1SCc1ccc([Si](C)(C)C)cc1. The number of nitrogens with zero attached hydrogens (tertiary/aromatic N) is 3. The maximum absolute atomic E-state index is 4.21. The van der Waals surface area contributed by atoms with Crippen molar-refractivity contribution >= 4 is 25.0 Å². The molecule has 0 amide bonds. The first-order valence-corrected chi connectivity index (χ1v) is 10.5. The summed E-state index contributed by atoms with van der Waals surface area (Å²) in [5.74, 6) is 0.943. The number of hydrogen-bond acceptors (Lipinski definition) is 3. The van der Waals surface area contributed by atoms with Gasteiger partial charge in [-0.3, -0.25) is 0 Å². The van der Waals surface area contributed by atoms with E-state index in [1.165, 1.54) is 10.8 Å². The van der Waals surface area contributed by atoms with Crippen LogP contribution in [0.3, 0.4) is 0 Å². The third-order valence-electron chi connectivity index (χ3n) is 2.86. The van der Waals surface area contributed by atoms with Gasteiger partial charge in [-0.2, -0.15) is 5.10 Å². The number of aromatic nitrogens is 3. The summed E-state index contributed by atoms with van der Waals surface area (Å²) < 4.78 is 1.81. The molecule has 2 aromatic rings. The van der Waals surface area contributed by atoms with Gasteiger partial charge in [-0.1, -0.05) is 60.9 Å². The van der Waals surface area contributed by atoms with Crippen LogP contribution in [0, 0.1) is 0 Å². The Hall–Kier alpha value is -1.07. The van der Waals surface area contributed by atoms with Crippen LogP contribution < -0.4 is 5.19 Å². The molecule has 0 saturated heterocycles. The van der Waals surface area contributed by atoms with Gasteiger partial charge in [0.25, 0.3) is 0 Å². The lowest BCUT2D eigenvalue weighted by molar-refractivity contribution is 0.685. The normalized spacial score (nSPS) is 11.8. The maximum Gasteiger partial charge on any atom is 0.186 e. The molecule has 0 aliphatic carbocycles. The van der Waals surface area contributed by atoms with Crippen molar-refractivity contribution in [2.45, 2.75) is 30.6 Å². The molecule has 1 aromatic heterocycles. The minimum absolute atomic E-state index is 0.943. The summed E-state index contributed by atoms with van der Waals surface area (Å²) >= 11 is 1.72. The monoisotopic (exact) mass is 277 g/mol. The molecule has 0 aliphatic rings. The molecule has 1 heterocycles. The Morgan fingerprint density at radius 3 is 2.33 bits per heavy atom. The molecule has 5 heteroatoms. The van der Waals surface area contributed by atoms with Crippen LogP contribution in [0.5, 0.6) is 0 Å². The largest absolute Gasteiger partial charge is 0.244 e. The highest BCUT2D eigenvalue weighted by molar-refractivity contribution is 7.98. The summed E-state index contributed by atoms with van der Waals surface area (Å²) in [7, 11) is 0.746. The van der Waals surface area contributed by atoms with Crippen LogP contribution in [0.25, 0.3) is 0 Å². The van der Waals surface area contributed by atoms with Crippen molar-refractivity contribution in [1.82, 2.24) is 14.8 Å². The Bertz CT molecular complexity index is 514. The highest BCUT2D eigenvalue weighted by Crippen LogP contribution is 2.19. The van der Waals surface area contributed by atoms with E-state index in [1.54, 1.807) is 22.8 Å². The quantitative estimate of drug-likeness (QED) is 0.636. The Kier molecular flexibility index (Phi) is 3.92. The molecule has 3 nitrogen and oxygen atoms in total. The summed E-state index contributed by atoms with van der Waals surface area (Å²) in [4.78, 5) is 4.21. The van der Waals surface area contributed by atoms with E-state index >= 15 is 0 Å². The third-order valence-corrected chi connectivity index (χ3v) is 6.03. The molecule has 0 bridgehead atoms. The Morgan fingerprint density at radius 1 is 1.17 bits per heavy atom. The molecule has 0 unspecified atom stereocenters. The van der Waals surface area contributed by atoms with Crippen LogP contribution in [-0.2, 0) is 12.8 Å². The van der Waals surface area contributed by atoms with Crippen LogP contribution in [-0.4, -0.2) is 22.8 Å². The fourth-order valence-corrected chi connectivity index (χ4v) is 3.68. The highest BCUT2D eigenvalue weighted by Gasteiger charge is 2.15.